The average molecular weight is 284 g/mol. The molecule has 20 heavy (non-hydrogen) atoms. The maximum Gasteiger partial charge on any atom is 0.182 e. The summed E-state index contributed by atoms with van der Waals surface area (Å²) in [5.41, 5.74) is 4.67. The third-order valence-corrected chi connectivity index (χ3v) is 3.06. The largest absolute Gasteiger partial charge is 0.256 e. The van der Waals surface area contributed by atoms with E-state index < -0.39 is 0 Å². The maximum absolute atomic E-state index is 4.51. The Hall–Kier alpha value is -2.14. The summed E-state index contributed by atoms with van der Waals surface area (Å²) in [7, 11) is 0. The molecular weight excluding hydrogens is 268 g/mol. The third-order valence-electron chi connectivity index (χ3n) is 2.31. The predicted octanol–water partition coefficient (Wildman–Crippen LogP) is 3.45. The second-order valence-electron chi connectivity index (χ2n) is 3.81. The summed E-state index contributed by atoms with van der Waals surface area (Å²) in [6, 6.07) is 15.5. The fourth-order valence-corrected chi connectivity index (χ4v) is 2.01. The molecule has 1 heterocycles. The van der Waals surface area contributed by atoms with Crippen molar-refractivity contribution in [3.8, 4) is 0 Å². The number of nitrogens with zero attached hydrogens (tertiary/aromatic N) is 3. The van der Waals surface area contributed by atoms with Gasteiger partial charge < -0.3 is 0 Å². The molecule has 5 heteroatoms. The second kappa shape index (κ2) is 8.12. The molecule has 0 spiro atoms. The highest BCUT2D eigenvalue weighted by molar-refractivity contribution is 8.13. The summed E-state index contributed by atoms with van der Waals surface area (Å²) >= 11 is 1.61. The van der Waals surface area contributed by atoms with Crippen LogP contribution in [0.5, 0.6) is 0 Å². The summed E-state index contributed by atoms with van der Waals surface area (Å²) in [5, 5.41) is 4.94. The quantitative estimate of drug-likeness (QED) is 0.531. The van der Waals surface area contributed by atoms with Crippen LogP contribution in [0, 0.1) is 0 Å². The summed E-state index contributed by atoms with van der Waals surface area (Å²) in [6.07, 6.45) is 3.41. The molecule has 0 radical (unpaired) electrons. The van der Waals surface area contributed by atoms with Crippen molar-refractivity contribution >= 4 is 28.8 Å². The van der Waals surface area contributed by atoms with Crippen molar-refractivity contribution in [2.24, 2.45) is 10.1 Å². The van der Waals surface area contributed by atoms with Crippen LogP contribution in [0.1, 0.15) is 12.6 Å². The number of hydrogen-bond acceptors (Lipinski definition) is 4. The van der Waals surface area contributed by atoms with E-state index in [9.17, 15) is 0 Å². The first-order valence-electron chi connectivity index (χ1n) is 6.35. The van der Waals surface area contributed by atoms with Gasteiger partial charge in [0.05, 0.1) is 17.6 Å². The van der Waals surface area contributed by atoms with Gasteiger partial charge in [-0.05, 0) is 30.0 Å². The van der Waals surface area contributed by atoms with Crippen molar-refractivity contribution in [2.45, 2.75) is 6.92 Å². The molecule has 0 atom stereocenters. The molecule has 0 saturated heterocycles. The van der Waals surface area contributed by atoms with E-state index in [0.717, 1.165) is 22.3 Å². The van der Waals surface area contributed by atoms with Crippen molar-refractivity contribution in [3.63, 3.8) is 0 Å². The zero-order valence-corrected chi connectivity index (χ0v) is 12.0. The highest BCUT2D eigenvalue weighted by Crippen LogP contribution is 2.13. The molecule has 0 aliphatic carbocycles. The Balaban J connectivity index is 2.03. The molecular formula is C15H16N4S. The average Bonchev–Trinajstić information content (AvgIpc) is 2.49. The molecule has 4 nitrogen and oxygen atoms in total. The van der Waals surface area contributed by atoms with E-state index in [1.54, 1.807) is 24.2 Å². The van der Waals surface area contributed by atoms with Crippen molar-refractivity contribution in [3.05, 3.63) is 60.4 Å². The molecule has 2 rings (SSSR count). The molecule has 1 aromatic carbocycles. The van der Waals surface area contributed by atoms with E-state index in [4.69, 9.17) is 0 Å². The van der Waals surface area contributed by atoms with Crippen LogP contribution in [0.25, 0.3) is 0 Å². The zero-order valence-electron chi connectivity index (χ0n) is 11.2. The second-order valence-corrected chi connectivity index (χ2v) is 5.06. The number of thioether (sulfide) groups is 1. The third kappa shape index (κ3) is 4.85. The Morgan fingerprint density at radius 3 is 2.70 bits per heavy atom. The number of nitrogens with one attached hydrogen (secondary N) is 1. The fourth-order valence-electron chi connectivity index (χ4n) is 1.45. The lowest BCUT2D eigenvalue weighted by Gasteiger charge is -2.03. The molecule has 1 N–H and O–H groups in total. The molecule has 0 amide bonds. The van der Waals surface area contributed by atoms with E-state index in [1.807, 2.05) is 48.5 Å². The van der Waals surface area contributed by atoms with Crippen molar-refractivity contribution in [1.82, 2.24) is 10.4 Å². The smallest absolute Gasteiger partial charge is 0.182 e. The summed E-state index contributed by atoms with van der Waals surface area (Å²) < 4.78 is 0. The van der Waals surface area contributed by atoms with E-state index in [1.165, 1.54) is 0 Å². The van der Waals surface area contributed by atoms with Crippen LogP contribution in [-0.2, 0) is 0 Å². The van der Waals surface area contributed by atoms with Crippen LogP contribution in [0.2, 0.25) is 0 Å². The lowest BCUT2D eigenvalue weighted by molar-refractivity contribution is 1.05. The number of pyridine rings is 1. The summed E-state index contributed by atoms with van der Waals surface area (Å²) in [4.78, 5) is 8.68. The number of rotatable bonds is 4. The van der Waals surface area contributed by atoms with Gasteiger partial charge >= 0.3 is 0 Å². The molecule has 102 valence electrons. The highest BCUT2D eigenvalue weighted by Gasteiger charge is 1.97. The number of para-hydroxylation sites is 1. The minimum atomic E-state index is 0.769. The van der Waals surface area contributed by atoms with Crippen LogP contribution >= 0.6 is 11.8 Å². The number of benzene rings is 1. The minimum Gasteiger partial charge on any atom is -0.256 e. The van der Waals surface area contributed by atoms with Gasteiger partial charge in [0, 0.05) is 6.20 Å². The van der Waals surface area contributed by atoms with Gasteiger partial charge in [-0.25, -0.2) is 4.99 Å². The number of amidine groups is 1. The molecule has 0 unspecified atom stereocenters. The number of hydrazone groups is 1. The van der Waals surface area contributed by atoms with Crippen LogP contribution in [0.4, 0.5) is 5.69 Å². The van der Waals surface area contributed by atoms with Crippen LogP contribution in [0.3, 0.4) is 0 Å². The Kier molecular flexibility index (Phi) is 5.79. The lowest BCUT2D eigenvalue weighted by Crippen LogP contribution is -2.14. The Morgan fingerprint density at radius 2 is 2.00 bits per heavy atom. The van der Waals surface area contributed by atoms with Gasteiger partial charge in [0.15, 0.2) is 5.17 Å². The summed E-state index contributed by atoms with van der Waals surface area (Å²) in [5.74, 6) is 0.928. The Bertz CT molecular complexity index is 567. The molecule has 0 aliphatic heterocycles. The Morgan fingerprint density at radius 1 is 1.20 bits per heavy atom. The minimum absolute atomic E-state index is 0.769. The van der Waals surface area contributed by atoms with Gasteiger partial charge in [-0.15, -0.1) is 0 Å². The van der Waals surface area contributed by atoms with Gasteiger partial charge in [-0.1, -0.05) is 43.0 Å². The SMILES string of the molecule is CCSC(=Nc1ccccc1)N/N=C/c1ccccn1. The van der Waals surface area contributed by atoms with Crippen LogP contribution in [0.15, 0.2) is 64.8 Å². The van der Waals surface area contributed by atoms with Gasteiger partial charge in [-0.3, -0.25) is 10.4 Å². The van der Waals surface area contributed by atoms with Gasteiger partial charge in [0.1, 0.15) is 0 Å². The van der Waals surface area contributed by atoms with Crippen molar-refractivity contribution in [1.29, 1.82) is 0 Å². The van der Waals surface area contributed by atoms with Crippen molar-refractivity contribution in [2.75, 3.05) is 5.75 Å². The van der Waals surface area contributed by atoms with Crippen LogP contribution in [-0.4, -0.2) is 22.1 Å². The van der Waals surface area contributed by atoms with Gasteiger partial charge in [0.2, 0.25) is 0 Å². The first-order chi connectivity index (χ1) is 9.88. The lowest BCUT2D eigenvalue weighted by atomic mass is 10.3. The van der Waals surface area contributed by atoms with E-state index >= 15 is 0 Å². The molecule has 0 bridgehead atoms. The first-order valence-corrected chi connectivity index (χ1v) is 7.33. The highest BCUT2D eigenvalue weighted by atomic mass is 32.2. The van der Waals surface area contributed by atoms with E-state index in [-0.39, 0.29) is 0 Å². The molecule has 0 aliphatic rings. The van der Waals surface area contributed by atoms with Crippen LogP contribution < -0.4 is 5.43 Å². The molecule has 0 fully saturated rings. The van der Waals surface area contributed by atoms with E-state index in [2.05, 4.69) is 27.4 Å². The fraction of sp³-hybridized carbons (Fsp3) is 0.133. The molecule has 1 aromatic heterocycles. The summed E-state index contributed by atoms with van der Waals surface area (Å²) in [6.45, 7) is 2.08. The number of aromatic nitrogens is 1. The zero-order chi connectivity index (χ0) is 14.0. The van der Waals surface area contributed by atoms with E-state index in [0.29, 0.717) is 0 Å². The maximum atomic E-state index is 4.51. The first kappa shape index (κ1) is 14.3. The Labute approximate surface area is 123 Å². The number of aliphatic imine (C=N–C) groups is 1. The molecule has 0 saturated carbocycles. The normalized spacial score (nSPS) is 11.8. The van der Waals surface area contributed by atoms with Gasteiger partial charge in [0.25, 0.3) is 0 Å². The van der Waals surface area contributed by atoms with Gasteiger partial charge in [-0.2, -0.15) is 5.10 Å². The standard InChI is InChI=1S/C15H16N4S/c1-2-20-15(18-13-8-4-3-5-9-13)19-17-12-14-10-6-7-11-16-14/h3-12H,2H2,1H3,(H,18,19)/b17-12+. The topological polar surface area (TPSA) is 49.6 Å². The van der Waals surface area contributed by atoms with Crippen molar-refractivity contribution < 1.29 is 0 Å². The molecule has 2 aromatic rings. The predicted molar refractivity (Wildman–Crippen MR) is 86.6 cm³/mol. The monoisotopic (exact) mass is 284 g/mol. The number of hydrogen-bond donors (Lipinski definition) is 1.